The summed E-state index contributed by atoms with van der Waals surface area (Å²) in [6, 6.07) is 3.54. The van der Waals surface area contributed by atoms with E-state index in [-0.39, 0.29) is 28.8 Å². The topological polar surface area (TPSA) is 110 Å². The van der Waals surface area contributed by atoms with Gasteiger partial charge in [0.15, 0.2) is 0 Å². The lowest BCUT2D eigenvalue weighted by atomic mass is 10.1. The molecule has 0 bridgehead atoms. The maximum atomic E-state index is 12.6. The number of hydrogen-bond acceptors (Lipinski definition) is 5. The predicted octanol–water partition coefficient (Wildman–Crippen LogP) is 0.505. The Kier molecular flexibility index (Phi) is 4.50. The number of sulfonamides is 1. The first-order valence-corrected chi connectivity index (χ1v) is 7.97. The van der Waals surface area contributed by atoms with Crippen molar-refractivity contribution in [3.63, 3.8) is 0 Å². The lowest BCUT2D eigenvalue weighted by Gasteiger charge is -2.30. The fourth-order valence-corrected chi connectivity index (χ4v) is 4.02. The molecule has 8 heteroatoms. The van der Waals surface area contributed by atoms with E-state index in [9.17, 15) is 13.2 Å². The summed E-state index contributed by atoms with van der Waals surface area (Å²) in [5.41, 5.74) is 5.79. The van der Waals surface area contributed by atoms with Crippen LogP contribution in [0.25, 0.3) is 0 Å². The SMILES string of the molecule is COc1cc(C(=O)O)ccc1S(=O)(=O)N1CCCC(N)C1. The summed E-state index contributed by atoms with van der Waals surface area (Å²) in [7, 11) is -2.44. The Balaban J connectivity index is 2.42. The molecule has 116 valence electrons. The van der Waals surface area contributed by atoms with Crippen molar-refractivity contribution >= 4 is 16.0 Å². The minimum atomic E-state index is -3.74. The van der Waals surface area contributed by atoms with Crippen LogP contribution in [0.4, 0.5) is 0 Å². The van der Waals surface area contributed by atoms with E-state index in [0.29, 0.717) is 13.0 Å². The van der Waals surface area contributed by atoms with Crippen LogP contribution in [0.5, 0.6) is 5.75 Å². The van der Waals surface area contributed by atoms with Gasteiger partial charge in [-0.05, 0) is 31.0 Å². The summed E-state index contributed by atoms with van der Waals surface area (Å²) in [5.74, 6) is -1.12. The number of carboxylic acids is 1. The zero-order chi connectivity index (χ0) is 15.6. The Morgan fingerprint density at radius 3 is 2.76 bits per heavy atom. The highest BCUT2D eigenvalue weighted by atomic mass is 32.2. The fraction of sp³-hybridized carbons (Fsp3) is 0.462. The highest BCUT2D eigenvalue weighted by Gasteiger charge is 2.31. The van der Waals surface area contributed by atoms with E-state index < -0.39 is 16.0 Å². The maximum Gasteiger partial charge on any atom is 0.335 e. The minimum Gasteiger partial charge on any atom is -0.495 e. The summed E-state index contributed by atoms with van der Waals surface area (Å²) in [5, 5.41) is 8.95. The van der Waals surface area contributed by atoms with Crippen molar-refractivity contribution < 1.29 is 23.1 Å². The number of ether oxygens (including phenoxy) is 1. The van der Waals surface area contributed by atoms with Gasteiger partial charge in [-0.3, -0.25) is 0 Å². The Labute approximate surface area is 123 Å². The second kappa shape index (κ2) is 6.00. The third-order valence-electron chi connectivity index (χ3n) is 3.45. The molecule has 7 nitrogen and oxygen atoms in total. The molecule has 21 heavy (non-hydrogen) atoms. The zero-order valence-electron chi connectivity index (χ0n) is 11.7. The van der Waals surface area contributed by atoms with E-state index in [1.807, 2.05) is 0 Å². The molecule has 1 fully saturated rings. The van der Waals surface area contributed by atoms with E-state index in [1.54, 1.807) is 0 Å². The molecule has 1 saturated heterocycles. The van der Waals surface area contributed by atoms with Crippen LogP contribution in [-0.4, -0.2) is 50.0 Å². The van der Waals surface area contributed by atoms with Gasteiger partial charge in [0, 0.05) is 19.1 Å². The minimum absolute atomic E-state index is 0.0223. The van der Waals surface area contributed by atoms with Crippen LogP contribution in [0.3, 0.4) is 0 Å². The van der Waals surface area contributed by atoms with Gasteiger partial charge >= 0.3 is 5.97 Å². The molecule has 3 N–H and O–H groups in total. The molecule has 1 unspecified atom stereocenters. The first kappa shape index (κ1) is 15.7. The molecular formula is C13H18N2O5S. The standard InChI is InChI=1S/C13H18N2O5S/c1-20-11-7-9(13(16)17)4-5-12(11)21(18,19)15-6-2-3-10(14)8-15/h4-5,7,10H,2-3,6,8,14H2,1H3,(H,16,17). The largest absolute Gasteiger partial charge is 0.495 e. The number of methoxy groups -OCH3 is 1. The van der Waals surface area contributed by atoms with Crippen LogP contribution >= 0.6 is 0 Å². The van der Waals surface area contributed by atoms with Crippen molar-refractivity contribution in [3.05, 3.63) is 23.8 Å². The smallest absolute Gasteiger partial charge is 0.335 e. The molecule has 0 aliphatic carbocycles. The lowest BCUT2D eigenvalue weighted by Crippen LogP contribution is -2.45. The molecular weight excluding hydrogens is 296 g/mol. The summed E-state index contributed by atoms with van der Waals surface area (Å²) >= 11 is 0. The Bertz CT molecular complexity index is 644. The second-order valence-electron chi connectivity index (χ2n) is 4.94. The number of nitrogens with zero attached hydrogens (tertiary/aromatic N) is 1. The summed E-state index contributed by atoms with van der Waals surface area (Å²) in [4.78, 5) is 10.9. The lowest BCUT2D eigenvalue weighted by molar-refractivity contribution is 0.0696. The summed E-state index contributed by atoms with van der Waals surface area (Å²) in [6.07, 6.45) is 1.50. The molecule has 1 aromatic carbocycles. The normalized spacial score (nSPS) is 20.2. The van der Waals surface area contributed by atoms with Crippen LogP contribution in [0.15, 0.2) is 23.1 Å². The molecule has 0 aromatic heterocycles. The van der Waals surface area contributed by atoms with Crippen molar-refractivity contribution in [2.45, 2.75) is 23.8 Å². The number of benzene rings is 1. The number of piperidine rings is 1. The molecule has 0 spiro atoms. The molecule has 1 aliphatic heterocycles. The second-order valence-corrected chi connectivity index (χ2v) is 6.84. The molecule has 1 aliphatic rings. The Hall–Kier alpha value is -1.64. The third kappa shape index (κ3) is 3.17. The quantitative estimate of drug-likeness (QED) is 0.837. The van der Waals surface area contributed by atoms with Crippen LogP contribution in [0.2, 0.25) is 0 Å². The van der Waals surface area contributed by atoms with Crippen LogP contribution in [0.1, 0.15) is 23.2 Å². The van der Waals surface area contributed by atoms with Crippen molar-refractivity contribution in [2.75, 3.05) is 20.2 Å². The van der Waals surface area contributed by atoms with E-state index in [1.165, 1.54) is 29.6 Å². The van der Waals surface area contributed by atoms with Gasteiger partial charge in [0.25, 0.3) is 0 Å². The third-order valence-corrected chi connectivity index (χ3v) is 5.35. The maximum absolute atomic E-state index is 12.6. The summed E-state index contributed by atoms with van der Waals surface area (Å²) < 4.78 is 31.6. The monoisotopic (exact) mass is 314 g/mol. The van der Waals surface area contributed by atoms with E-state index in [0.717, 1.165) is 6.42 Å². The van der Waals surface area contributed by atoms with E-state index in [2.05, 4.69) is 0 Å². The average molecular weight is 314 g/mol. The Morgan fingerprint density at radius 2 is 2.19 bits per heavy atom. The molecule has 1 atom stereocenters. The van der Waals surface area contributed by atoms with Crippen molar-refractivity contribution in [2.24, 2.45) is 5.73 Å². The number of hydrogen-bond donors (Lipinski definition) is 2. The molecule has 0 radical (unpaired) electrons. The van der Waals surface area contributed by atoms with E-state index >= 15 is 0 Å². The van der Waals surface area contributed by atoms with Crippen molar-refractivity contribution in [1.82, 2.24) is 4.31 Å². The van der Waals surface area contributed by atoms with Gasteiger partial charge in [-0.25, -0.2) is 13.2 Å². The molecule has 0 saturated carbocycles. The average Bonchev–Trinajstić information content (AvgIpc) is 2.46. The fourth-order valence-electron chi connectivity index (χ4n) is 2.35. The molecule has 2 rings (SSSR count). The first-order valence-electron chi connectivity index (χ1n) is 6.53. The number of rotatable bonds is 4. The van der Waals surface area contributed by atoms with Gasteiger partial charge in [-0.1, -0.05) is 0 Å². The van der Waals surface area contributed by atoms with Crippen LogP contribution < -0.4 is 10.5 Å². The van der Waals surface area contributed by atoms with Gasteiger partial charge < -0.3 is 15.6 Å². The highest BCUT2D eigenvalue weighted by molar-refractivity contribution is 7.89. The van der Waals surface area contributed by atoms with Crippen molar-refractivity contribution in [3.8, 4) is 5.75 Å². The number of nitrogens with two attached hydrogens (primary N) is 1. The van der Waals surface area contributed by atoms with Gasteiger partial charge in [-0.15, -0.1) is 0 Å². The van der Waals surface area contributed by atoms with Gasteiger partial charge in [0.1, 0.15) is 10.6 Å². The molecule has 1 aromatic rings. The van der Waals surface area contributed by atoms with Crippen molar-refractivity contribution in [1.29, 1.82) is 0 Å². The molecule has 0 amide bonds. The van der Waals surface area contributed by atoms with Gasteiger partial charge in [0.2, 0.25) is 10.0 Å². The van der Waals surface area contributed by atoms with E-state index in [4.69, 9.17) is 15.6 Å². The highest BCUT2D eigenvalue weighted by Crippen LogP contribution is 2.29. The predicted molar refractivity (Wildman–Crippen MR) is 75.9 cm³/mol. The Morgan fingerprint density at radius 1 is 1.48 bits per heavy atom. The number of aromatic carboxylic acids is 1. The first-order chi connectivity index (χ1) is 9.86. The number of carboxylic acid groups (broad SMARTS) is 1. The van der Waals surface area contributed by atoms with Gasteiger partial charge in [-0.2, -0.15) is 4.31 Å². The number of carbonyl (C=O) groups is 1. The zero-order valence-corrected chi connectivity index (χ0v) is 12.5. The molecule has 1 heterocycles. The summed E-state index contributed by atoms with van der Waals surface area (Å²) in [6.45, 7) is 0.659. The van der Waals surface area contributed by atoms with Crippen LogP contribution in [0, 0.1) is 0 Å². The van der Waals surface area contributed by atoms with Crippen LogP contribution in [-0.2, 0) is 10.0 Å². The van der Waals surface area contributed by atoms with Gasteiger partial charge in [0.05, 0.1) is 12.7 Å².